The van der Waals surface area contributed by atoms with Crippen molar-refractivity contribution in [1.29, 1.82) is 0 Å². The molecule has 0 saturated carbocycles. The standard InChI is InChI=1S/C35H71O24S2.2Na/c1-25(61(47)59-58-46)15-52-33(23-54-32(27(3-6-37)16-48-11-8-39)22-51-28(4-7-38)18-49-12-9-40)30(20-53-34(31(43)14-42)21-50-13-10-41)29(19-55-35(44)24-56-45)26(2-5-36)17-57-60;;/h25-41,43-46,60H,2-24H2,1H3;;/q-1;2*+1/p-1. The molecule has 368 valence electrons. The third kappa shape index (κ3) is 32.9. The van der Waals surface area contributed by atoms with Crippen molar-refractivity contribution in [3.63, 3.8) is 0 Å². The number of aliphatic hydroxyl groups is 8. The van der Waals surface area contributed by atoms with E-state index < -0.39 is 103 Å². The molecule has 28 heteroatoms. The summed E-state index contributed by atoms with van der Waals surface area (Å²) in [6.07, 6.45) is -6.99. The summed E-state index contributed by atoms with van der Waals surface area (Å²) in [6, 6.07) is 0. The molecule has 0 fully saturated rings. The molecule has 0 aliphatic carbocycles. The van der Waals surface area contributed by atoms with Crippen LogP contribution in [0.15, 0.2) is 0 Å². The average molecular weight is 985 g/mol. The smallest absolute Gasteiger partial charge is 0.853 e. The summed E-state index contributed by atoms with van der Waals surface area (Å²) in [5.74, 6) is -3.15. The molecule has 0 aromatic rings. The van der Waals surface area contributed by atoms with Crippen molar-refractivity contribution in [3.05, 3.63) is 0 Å². The number of hydrogen-bond acceptors (Lipinski definition) is 25. The van der Waals surface area contributed by atoms with Crippen molar-refractivity contribution < 1.29 is 176 Å². The van der Waals surface area contributed by atoms with Crippen LogP contribution < -0.4 is 69.5 Å². The van der Waals surface area contributed by atoms with E-state index in [0.29, 0.717) is 0 Å². The van der Waals surface area contributed by atoms with Gasteiger partial charge in [0, 0.05) is 31.7 Å². The third-order valence-electron chi connectivity index (χ3n) is 9.26. The van der Waals surface area contributed by atoms with Gasteiger partial charge < -0.3 is 93.3 Å². The molecule has 12 atom stereocenters. The molecular weight excluding hydrogens is 914 g/mol. The SMILES string of the molecule is CC(COC(COC(COC(CCO)COCCO)C(CCO)COCCO)C(COC(COCCO)C(O)C[O-])C(COC(O)COO)C(CCO)COS)S(=O)OO[O-].[Na+].[Na+]. The third-order valence-corrected chi connectivity index (χ3v) is 10.4. The second kappa shape index (κ2) is 47.3. The Balaban J connectivity index is -0.0000180. The van der Waals surface area contributed by atoms with Gasteiger partial charge in [0.2, 0.25) is 0 Å². The molecule has 0 spiro atoms. The van der Waals surface area contributed by atoms with E-state index in [1.807, 2.05) is 0 Å². The first-order chi connectivity index (χ1) is 29.5. The first-order valence-corrected chi connectivity index (χ1v) is 21.4. The molecule has 63 heavy (non-hydrogen) atoms. The Labute approximate surface area is 421 Å². The summed E-state index contributed by atoms with van der Waals surface area (Å²) in [5, 5.41) is 112. The van der Waals surface area contributed by atoms with Gasteiger partial charge in [-0.1, -0.05) is 0 Å². The van der Waals surface area contributed by atoms with Gasteiger partial charge in [-0.3, -0.25) is 10.3 Å². The van der Waals surface area contributed by atoms with Crippen molar-refractivity contribution in [3.8, 4) is 0 Å². The van der Waals surface area contributed by atoms with E-state index in [0.717, 1.165) is 0 Å². The number of ether oxygens (including phenoxy) is 8. The minimum atomic E-state index is -2.32. The fourth-order valence-electron chi connectivity index (χ4n) is 5.96. The predicted octanol–water partition coefficient (Wildman–Crippen LogP) is -11.1. The van der Waals surface area contributed by atoms with Crippen LogP contribution in [0.1, 0.15) is 26.2 Å². The minimum absolute atomic E-state index is 0. The maximum absolute atomic E-state index is 12.6. The molecule has 0 aromatic heterocycles. The van der Waals surface area contributed by atoms with Gasteiger partial charge >= 0.3 is 59.1 Å². The Morgan fingerprint density at radius 2 is 1.13 bits per heavy atom. The van der Waals surface area contributed by atoms with Crippen LogP contribution in [-0.2, 0) is 67.4 Å². The zero-order valence-corrected chi connectivity index (χ0v) is 42.3. The maximum Gasteiger partial charge on any atom is 1.00 e. The van der Waals surface area contributed by atoms with Gasteiger partial charge in [0.1, 0.15) is 12.7 Å². The summed E-state index contributed by atoms with van der Waals surface area (Å²) >= 11 is 1.59. The van der Waals surface area contributed by atoms with Crippen molar-refractivity contribution in [2.75, 3.05) is 132 Å². The van der Waals surface area contributed by atoms with Crippen molar-refractivity contribution >= 4 is 24.0 Å². The Bertz CT molecular complexity index is 992. The van der Waals surface area contributed by atoms with Crippen molar-refractivity contribution in [1.82, 2.24) is 0 Å². The zero-order chi connectivity index (χ0) is 45.7. The van der Waals surface area contributed by atoms with E-state index in [1.165, 1.54) is 6.92 Å². The fraction of sp³-hybridized carbons (Fsp3) is 1.00. The Kier molecular flexibility index (Phi) is 51.7. The molecule has 0 radical (unpaired) electrons. The van der Waals surface area contributed by atoms with Gasteiger partial charge in [-0.15, -0.1) is 10.9 Å². The van der Waals surface area contributed by atoms with E-state index >= 15 is 0 Å². The molecular formula is C35H70Na2O24S2. The summed E-state index contributed by atoms with van der Waals surface area (Å²) in [4.78, 5) is 4.03. The minimum Gasteiger partial charge on any atom is -0.853 e. The topological polar surface area (TPSA) is 356 Å². The largest absolute Gasteiger partial charge is 1.00 e. The molecule has 0 amide bonds. The normalized spacial score (nSPS) is 17.6. The van der Waals surface area contributed by atoms with Gasteiger partial charge in [0.15, 0.2) is 17.4 Å². The second-order valence-electron chi connectivity index (χ2n) is 13.7. The van der Waals surface area contributed by atoms with Gasteiger partial charge in [0.25, 0.3) is 0 Å². The number of hydrogen-bond donors (Lipinski definition) is 10. The molecule has 0 heterocycles. The average Bonchev–Trinajstić information content (AvgIpc) is 3.24. The number of aliphatic hydroxyl groups excluding tert-OH is 8. The van der Waals surface area contributed by atoms with Crippen LogP contribution in [0.4, 0.5) is 0 Å². The van der Waals surface area contributed by atoms with Gasteiger partial charge in [0.05, 0.1) is 129 Å². The predicted molar refractivity (Wildman–Crippen MR) is 208 cm³/mol. The molecule has 9 N–H and O–H groups in total. The monoisotopic (exact) mass is 984 g/mol. The van der Waals surface area contributed by atoms with E-state index in [4.69, 9.17) is 47.3 Å². The van der Waals surface area contributed by atoms with E-state index in [9.17, 15) is 55.4 Å². The summed E-state index contributed by atoms with van der Waals surface area (Å²) in [5.41, 5.74) is 0. The van der Waals surface area contributed by atoms with Crippen LogP contribution in [0.2, 0.25) is 0 Å². The number of rotatable bonds is 46. The molecule has 24 nitrogen and oxygen atoms in total. The van der Waals surface area contributed by atoms with Gasteiger partial charge in [-0.25, -0.2) is 9.10 Å². The van der Waals surface area contributed by atoms with Crippen LogP contribution in [0.5, 0.6) is 0 Å². The van der Waals surface area contributed by atoms with Crippen LogP contribution in [0.3, 0.4) is 0 Å². The molecule has 0 aromatic carbocycles. The molecule has 0 saturated heterocycles. The van der Waals surface area contributed by atoms with Crippen LogP contribution in [-0.4, -0.2) is 225 Å². The maximum atomic E-state index is 12.6. The van der Waals surface area contributed by atoms with Crippen LogP contribution in [0.25, 0.3) is 0 Å². The fourth-order valence-corrected chi connectivity index (χ4v) is 6.53. The van der Waals surface area contributed by atoms with E-state index in [-0.39, 0.29) is 184 Å². The molecule has 0 aliphatic heterocycles. The summed E-state index contributed by atoms with van der Waals surface area (Å²) in [7, 11) is 0. The molecule has 0 aliphatic rings. The van der Waals surface area contributed by atoms with E-state index in [2.05, 4.69) is 27.2 Å². The van der Waals surface area contributed by atoms with Crippen LogP contribution >= 0.6 is 12.9 Å². The Morgan fingerprint density at radius 1 is 0.587 bits per heavy atom. The van der Waals surface area contributed by atoms with Crippen molar-refractivity contribution in [2.24, 2.45) is 23.7 Å². The zero-order valence-electron chi connectivity index (χ0n) is 36.6. The summed E-state index contributed by atoms with van der Waals surface area (Å²) < 4.78 is 69.2. The van der Waals surface area contributed by atoms with Crippen molar-refractivity contribution in [2.45, 2.75) is 68.2 Å². The molecule has 12 unspecified atom stereocenters. The quantitative estimate of drug-likeness (QED) is 0.00515. The first kappa shape index (κ1) is 68.8. The Morgan fingerprint density at radius 3 is 1.68 bits per heavy atom. The molecule has 0 bridgehead atoms. The van der Waals surface area contributed by atoms with Gasteiger partial charge in [-0.05, 0) is 50.9 Å². The van der Waals surface area contributed by atoms with Crippen LogP contribution in [0, 0.1) is 23.7 Å². The summed E-state index contributed by atoms with van der Waals surface area (Å²) in [6.45, 7) is -4.50. The first-order valence-electron chi connectivity index (χ1n) is 19.9. The van der Waals surface area contributed by atoms with Gasteiger partial charge in [-0.2, -0.15) is 0 Å². The number of thiol groups is 1. The second-order valence-corrected chi connectivity index (χ2v) is 15.4. The molecule has 0 rings (SSSR count). The Hall–Kier alpha value is 1.58. The van der Waals surface area contributed by atoms with E-state index in [1.54, 1.807) is 0 Å².